The van der Waals surface area contributed by atoms with E-state index in [0.717, 1.165) is 5.75 Å². The molecule has 0 amide bonds. The minimum absolute atomic E-state index is 0.696. The van der Waals surface area contributed by atoms with E-state index in [9.17, 15) is 0 Å². The Hall–Kier alpha value is -0.250. The number of hydrogen-bond acceptors (Lipinski definition) is 1. The van der Waals surface area contributed by atoms with Gasteiger partial charge in [-0.05, 0) is 40.8 Å². The van der Waals surface area contributed by atoms with Crippen molar-refractivity contribution in [2.45, 2.75) is 0 Å². The van der Waals surface area contributed by atoms with E-state index in [2.05, 4.69) is 28.7 Å². The largest absolute Gasteiger partial charge is 0.483 e. The van der Waals surface area contributed by atoms with Crippen molar-refractivity contribution >= 4 is 22.6 Å². The smallest absolute Gasteiger partial charge is 0.139 e. The van der Waals surface area contributed by atoms with E-state index < -0.39 is 0 Å². The molecule has 1 aromatic carbocycles. The van der Waals surface area contributed by atoms with E-state index in [1.165, 1.54) is 0 Å². The Balaban J connectivity index is 2.61. The van der Waals surface area contributed by atoms with Crippen LogP contribution in [0.1, 0.15) is 0 Å². The summed E-state index contributed by atoms with van der Waals surface area (Å²) < 4.78 is 5.87. The molecule has 47 valence electrons. The zero-order valence-electron chi connectivity index (χ0n) is 4.80. The highest BCUT2D eigenvalue weighted by Crippen LogP contribution is 2.08. The molecule has 1 nitrogen and oxygen atoms in total. The van der Waals surface area contributed by atoms with E-state index in [1.807, 2.05) is 24.3 Å². The Bertz CT molecular complexity index is 162. The molecule has 0 fully saturated rings. The number of halogens is 1. The molecule has 1 radical (unpaired) electrons. The lowest BCUT2D eigenvalue weighted by Crippen LogP contribution is -1.85. The predicted octanol–water partition coefficient (Wildman–Crippen LogP) is 2.26. The molecular weight excluding hydrogens is 227 g/mol. The van der Waals surface area contributed by atoms with E-state index in [-0.39, 0.29) is 0 Å². The van der Waals surface area contributed by atoms with Crippen molar-refractivity contribution < 1.29 is 4.74 Å². The number of rotatable bonds is 2. The summed E-state index contributed by atoms with van der Waals surface area (Å²) in [5.74, 6) is 0.906. The number of benzene rings is 1. The molecule has 0 saturated carbocycles. The fourth-order valence-electron chi connectivity index (χ4n) is 0.531. The van der Waals surface area contributed by atoms with Crippen molar-refractivity contribution in [2.24, 2.45) is 0 Å². The number of alkyl halides is 1. The summed E-state index contributed by atoms with van der Waals surface area (Å²) in [7, 11) is 0. The molecule has 1 rings (SSSR count). The van der Waals surface area contributed by atoms with Crippen molar-refractivity contribution in [3.05, 3.63) is 30.3 Å². The molecule has 9 heavy (non-hydrogen) atoms. The van der Waals surface area contributed by atoms with Gasteiger partial charge < -0.3 is 4.74 Å². The molecule has 0 unspecified atom stereocenters. The maximum absolute atomic E-state index is 5.17. The standard InChI is InChI=1S/C7H6IO/c8-6-9-7-4-2-1-3-5-7/h2-5H,6H2. The highest BCUT2D eigenvalue weighted by atomic mass is 127. The van der Waals surface area contributed by atoms with Crippen LogP contribution in [0.3, 0.4) is 0 Å². The van der Waals surface area contributed by atoms with Crippen LogP contribution >= 0.6 is 22.6 Å². The average Bonchev–Trinajstić information content (AvgIpc) is 1.91. The van der Waals surface area contributed by atoms with Crippen LogP contribution in [-0.4, -0.2) is 4.61 Å². The topological polar surface area (TPSA) is 9.23 Å². The Morgan fingerprint density at radius 2 is 2.11 bits per heavy atom. The molecule has 0 aliphatic carbocycles. The average molecular weight is 233 g/mol. The quantitative estimate of drug-likeness (QED) is 0.562. The minimum Gasteiger partial charge on any atom is -0.483 e. The first-order valence-electron chi connectivity index (χ1n) is 2.58. The van der Waals surface area contributed by atoms with Crippen LogP contribution in [0.2, 0.25) is 0 Å². The van der Waals surface area contributed by atoms with Gasteiger partial charge in [0, 0.05) is 0 Å². The molecule has 2 heteroatoms. The van der Waals surface area contributed by atoms with Gasteiger partial charge in [0.25, 0.3) is 0 Å². The zero-order chi connectivity index (χ0) is 6.53. The number of ether oxygens (including phenoxy) is 1. The molecule has 0 aliphatic rings. The van der Waals surface area contributed by atoms with Crippen molar-refractivity contribution in [1.29, 1.82) is 0 Å². The van der Waals surface area contributed by atoms with Crippen molar-refractivity contribution in [3.63, 3.8) is 0 Å². The molecule has 0 N–H and O–H groups in total. The van der Waals surface area contributed by atoms with Gasteiger partial charge in [0.15, 0.2) is 0 Å². The van der Waals surface area contributed by atoms with Crippen molar-refractivity contribution in [1.82, 2.24) is 0 Å². The van der Waals surface area contributed by atoms with Crippen LogP contribution in [0.25, 0.3) is 0 Å². The maximum atomic E-state index is 5.17. The van der Waals surface area contributed by atoms with Crippen molar-refractivity contribution in [2.75, 3.05) is 4.61 Å². The highest BCUT2D eigenvalue weighted by Gasteiger charge is 1.84. The van der Waals surface area contributed by atoms with Gasteiger partial charge in [0.05, 0.1) is 0 Å². The summed E-state index contributed by atoms with van der Waals surface area (Å²) in [6.45, 7) is 0. The second kappa shape index (κ2) is 3.71. The fourth-order valence-corrected chi connectivity index (χ4v) is 0.890. The Kier molecular flexibility index (Phi) is 2.83. The Morgan fingerprint density at radius 1 is 1.44 bits per heavy atom. The second-order valence-corrected chi connectivity index (χ2v) is 2.11. The molecule has 0 heterocycles. The zero-order valence-corrected chi connectivity index (χ0v) is 6.96. The molecule has 0 aliphatic heterocycles. The summed E-state index contributed by atoms with van der Waals surface area (Å²) in [5.41, 5.74) is 0. The van der Waals surface area contributed by atoms with Gasteiger partial charge >= 0.3 is 0 Å². The summed E-state index contributed by atoms with van der Waals surface area (Å²) in [6.07, 6.45) is 0. The third-order valence-corrected chi connectivity index (χ3v) is 1.22. The first-order valence-corrected chi connectivity index (χ1v) is 4.11. The third-order valence-electron chi connectivity index (χ3n) is 0.909. The van der Waals surface area contributed by atoms with Gasteiger partial charge in [-0.3, -0.25) is 0 Å². The Labute approximate surface area is 68.2 Å². The van der Waals surface area contributed by atoms with Gasteiger partial charge in [-0.2, -0.15) is 0 Å². The van der Waals surface area contributed by atoms with Gasteiger partial charge in [-0.25, -0.2) is 0 Å². The highest BCUT2D eigenvalue weighted by molar-refractivity contribution is 14.1. The van der Waals surface area contributed by atoms with Gasteiger partial charge in [-0.15, -0.1) is 0 Å². The van der Waals surface area contributed by atoms with Gasteiger partial charge in [-0.1, -0.05) is 12.1 Å². The molecule has 0 bridgehead atoms. The normalized spacial score (nSPS) is 9.00. The second-order valence-electron chi connectivity index (χ2n) is 1.49. The first-order chi connectivity index (χ1) is 4.43. The SMILES string of the molecule is ICOc1cc[c]cc1. The summed E-state index contributed by atoms with van der Waals surface area (Å²) in [6, 6.07) is 10.4. The van der Waals surface area contributed by atoms with E-state index in [0.29, 0.717) is 4.61 Å². The first kappa shape index (κ1) is 6.86. The van der Waals surface area contributed by atoms with Gasteiger partial charge in [0.1, 0.15) is 10.4 Å². The molecular formula is C7H6IO. The van der Waals surface area contributed by atoms with Crippen molar-refractivity contribution in [3.8, 4) is 5.75 Å². The van der Waals surface area contributed by atoms with Crippen LogP contribution in [0.5, 0.6) is 5.75 Å². The van der Waals surface area contributed by atoms with Crippen LogP contribution in [0.4, 0.5) is 0 Å². The Morgan fingerprint density at radius 3 is 2.67 bits per heavy atom. The fraction of sp³-hybridized carbons (Fsp3) is 0.143. The lowest BCUT2D eigenvalue weighted by molar-refractivity contribution is 0.404. The van der Waals surface area contributed by atoms with Gasteiger partial charge in [0.2, 0.25) is 0 Å². The number of hydrogen-bond donors (Lipinski definition) is 0. The van der Waals surface area contributed by atoms with E-state index in [1.54, 1.807) is 0 Å². The van der Waals surface area contributed by atoms with Crippen LogP contribution in [0.15, 0.2) is 24.3 Å². The lowest BCUT2D eigenvalue weighted by atomic mass is 10.3. The molecule has 0 spiro atoms. The van der Waals surface area contributed by atoms with Crippen LogP contribution in [-0.2, 0) is 0 Å². The van der Waals surface area contributed by atoms with E-state index >= 15 is 0 Å². The summed E-state index contributed by atoms with van der Waals surface area (Å²) in [4.78, 5) is 0. The third kappa shape index (κ3) is 2.22. The molecule has 0 atom stereocenters. The maximum Gasteiger partial charge on any atom is 0.139 e. The summed E-state index contributed by atoms with van der Waals surface area (Å²) in [5, 5.41) is 0. The predicted molar refractivity (Wildman–Crippen MR) is 44.8 cm³/mol. The minimum atomic E-state index is 0.696. The van der Waals surface area contributed by atoms with E-state index in [4.69, 9.17) is 4.74 Å². The summed E-state index contributed by atoms with van der Waals surface area (Å²) >= 11 is 2.16. The molecule has 0 aromatic heterocycles. The lowest BCUT2D eigenvalue weighted by Gasteiger charge is -1.97. The monoisotopic (exact) mass is 233 g/mol. The molecule has 0 saturated heterocycles. The molecule has 1 aromatic rings. The van der Waals surface area contributed by atoms with Crippen LogP contribution < -0.4 is 4.74 Å². The van der Waals surface area contributed by atoms with Crippen LogP contribution in [0, 0.1) is 6.07 Å².